The molecule has 2 aromatic carbocycles. The first-order valence-corrected chi connectivity index (χ1v) is 15.0. The van der Waals surface area contributed by atoms with Gasteiger partial charge in [0.1, 0.15) is 23.4 Å². The number of hydrogen-bond acceptors (Lipinski definition) is 5. The zero-order valence-electron chi connectivity index (χ0n) is 27.0. The van der Waals surface area contributed by atoms with Crippen LogP contribution in [0.5, 0.6) is 5.75 Å². The van der Waals surface area contributed by atoms with Gasteiger partial charge in [-0.2, -0.15) is 0 Å². The number of aromatic hydroxyl groups is 1. The molecule has 0 saturated carbocycles. The van der Waals surface area contributed by atoms with Crippen LogP contribution in [0.15, 0.2) is 42.5 Å². The van der Waals surface area contributed by atoms with Gasteiger partial charge in [0.05, 0.1) is 0 Å². The Morgan fingerprint density at radius 1 is 0.905 bits per heavy atom. The number of carbonyl (C=O) groups excluding carboxylic acids is 3. The lowest BCUT2D eigenvalue weighted by Gasteiger charge is -2.37. The molecule has 0 aliphatic heterocycles. The van der Waals surface area contributed by atoms with E-state index < -0.39 is 29.3 Å². The molecule has 0 fully saturated rings. The third kappa shape index (κ3) is 11.0. The van der Waals surface area contributed by atoms with Crippen molar-refractivity contribution in [2.75, 3.05) is 6.54 Å². The highest BCUT2D eigenvalue weighted by Crippen LogP contribution is 2.30. The van der Waals surface area contributed by atoms with Crippen molar-refractivity contribution in [2.45, 2.75) is 118 Å². The van der Waals surface area contributed by atoms with E-state index >= 15 is 0 Å². The van der Waals surface area contributed by atoms with Crippen molar-refractivity contribution in [1.29, 1.82) is 0 Å². The van der Waals surface area contributed by atoms with E-state index in [1.165, 1.54) is 0 Å². The molecule has 0 spiro atoms. The maximum atomic E-state index is 14.6. The van der Waals surface area contributed by atoms with Gasteiger partial charge in [-0.1, -0.05) is 56.5 Å². The molecule has 8 nitrogen and oxygen atoms in total. The van der Waals surface area contributed by atoms with Crippen LogP contribution < -0.4 is 10.6 Å². The molecular weight excluding hydrogens is 530 g/mol. The Kier molecular flexibility index (Phi) is 12.4. The lowest BCUT2D eigenvalue weighted by molar-refractivity contribution is -0.143. The first-order chi connectivity index (χ1) is 19.5. The highest BCUT2D eigenvalue weighted by atomic mass is 16.6. The van der Waals surface area contributed by atoms with Gasteiger partial charge in [0.15, 0.2) is 0 Å². The van der Waals surface area contributed by atoms with Crippen molar-refractivity contribution in [2.24, 2.45) is 0 Å². The van der Waals surface area contributed by atoms with Gasteiger partial charge in [-0.05, 0) is 96.2 Å². The Balaban J connectivity index is 2.65. The normalized spacial score (nSPS) is 13.2. The number of carbonyl (C=O) groups is 3. The number of rotatable bonds is 12. The van der Waals surface area contributed by atoms with E-state index in [-0.39, 0.29) is 24.0 Å². The van der Waals surface area contributed by atoms with Crippen molar-refractivity contribution < 1.29 is 24.2 Å². The number of phenolic OH excluding ortho intramolecular Hbond substituents is 1. The molecule has 0 heterocycles. The summed E-state index contributed by atoms with van der Waals surface area (Å²) in [6.45, 7) is 17.4. The minimum absolute atomic E-state index is 0.105. The van der Waals surface area contributed by atoms with Crippen LogP contribution >= 0.6 is 0 Å². The molecule has 0 saturated heterocycles. The van der Waals surface area contributed by atoms with Crippen LogP contribution in [0.3, 0.4) is 0 Å². The molecule has 0 bridgehead atoms. The van der Waals surface area contributed by atoms with Crippen LogP contribution in [0, 0.1) is 13.8 Å². The summed E-state index contributed by atoms with van der Waals surface area (Å²) in [4.78, 5) is 43.3. The van der Waals surface area contributed by atoms with E-state index in [0.29, 0.717) is 13.0 Å². The molecule has 2 aromatic rings. The summed E-state index contributed by atoms with van der Waals surface area (Å²) in [6.07, 6.45) is 3.10. The molecule has 0 aliphatic carbocycles. The number of aryl methyl sites for hydroxylation is 2. The number of hydrogen-bond donors (Lipinski definition) is 3. The largest absolute Gasteiger partial charge is 0.508 e. The topological polar surface area (TPSA) is 108 Å². The molecular formula is C34H51N3O5. The average Bonchev–Trinajstić information content (AvgIpc) is 2.85. The van der Waals surface area contributed by atoms with Gasteiger partial charge in [0.2, 0.25) is 11.8 Å². The van der Waals surface area contributed by atoms with Gasteiger partial charge in [0, 0.05) is 18.5 Å². The summed E-state index contributed by atoms with van der Waals surface area (Å²) in [5, 5.41) is 15.7. The van der Waals surface area contributed by atoms with Crippen LogP contribution in [0.2, 0.25) is 0 Å². The van der Waals surface area contributed by atoms with Gasteiger partial charge < -0.3 is 25.4 Å². The standard InChI is InChI=1S/C34H51N3O5/c1-10-11-12-13-21-37(29(30(39)36-33(4,5)6)28-23(2)15-14-16-24(28)3)31(40)27(35-32(41)42-34(7,8)9)22-25-17-19-26(38)20-18-25/h14-20,27,29,38H,10-13,21-22H2,1-9H3,(H,35,41)(H,36,39). The van der Waals surface area contributed by atoms with Crippen LogP contribution in [0.4, 0.5) is 4.79 Å². The third-order valence-electron chi connectivity index (χ3n) is 6.77. The van der Waals surface area contributed by atoms with Crippen molar-refractivity contribution in [3.05, 3.63) is 64.7 Å². The second-order valence-electron chi connectivity index (χ2n) is 13.1. The Hall–Kier alpha value is -3.55. The number of benzene rings is 2. The van der Waals surface area contributed by atoms with E-state index in [2.05, 4.69) is 17.6 Å². The van der Waals surface area contributed by atoms with E-state index in [1.807, 2.05) is 52.8 Å². The Morgan fingerprint density at radius 2 is 1.50 bits per heavy atom. The minimum atomic E-state index is -1.01. The molecule has 2 unspecified atom stereocenters. The zero-order chi connectivity index (χ0) is 31.7. The molecule has 0 aromatic heterocycles. The first-order valence-electron chi connectivity index (χ1n) is 15.0. The van der Waals surface area contributed by atoms with Gasteiger partial charge in [0.25, 0.3) is 0 Å². The van der Waals surface area contributed by atoms with Crippen LogP contribution in [0.25, 0.3) is 0 Å². The predicted octanol–water partition coefficient (Wildman–Crippen LogP) is 6.51. The summed E-state index contributed by atoms with van der Waals surface area (Å²) in [5.74, 6) is -0.542. The quantitative estimate of drug-likeness (QED) is 0.248. The maximum Gasteiger partial charge on any atom is 0.408 e. The van der Waals surface area contributed by atoms with Crippen molar-refractivity contribution in [1.82, 2.24) is 15.5 Å². The van der Waals surface area contributed by atoms with E-state index in [9.17, 15) is 19.5 Å². The van der Waals surface area contributed by atoms with Gasteiger partial charge in [-0.15, -0.1) is 0 Å². The first kappa shape index (κ1) is 34.7. The molecule has 232 valence electrons. The Morgan fingerprint density at radius 3 is 2.02 bits per heavy atom. The number of ether oxygens (including phenoxy) is 1. The molecule has 42 heavy (non-hydrogen) atoms. The molecule has 2 atom stereocenters. The lowest BCUT2D eigenvalue weighted by Crippen LogP contribution is -2.55. The fourth-order valence-electron chi connectivity index (χ4n) is 4.92. The number of alkyl carbamates (subject to hydrolysis) is 1. The van der Waals surface area contributed by atoms with E-state index in [0.717, 1.165) is 41.5 Å². The van der Waals surface area contributed by atoms with Crippen LogP contribution in [-0.4, -0.2) is 51.6 Å². The number of phenols is 1. The molecule has 3 amide bonds. The smallest absolute Gasteiger partial charge is 0.408 e. The van der Waals surface area contributed by atoms with Gasteiger partial charge in [-0.3, -0.25) is 9.59 Å². The van der Waals surface area contributed by atoms with Crippen LogP contribution in [0.1, 0.15) is 102 Å². The fraction of sp³-hybridized carbons (Fsp3) is 0.559. The zero-order valence-corrected chi connectivity index (χ0v) is 27.0. The molecule has 0 aliphatic rings. The number of nitrogens with one attached hydrogen (secondary N) is 2. The minimum Gasteiger partial charge on any atom is -0.508 e. The number of unbranched alkanes of at least 4 members (excludes halogenated alkanes) is 3. The maximum absolute atomic E-state index is 14.6. The highest BCUT2D eigenvalue weighted by Gasteiger charge is 2.38. The summed E-state index contributed by atoms with van der Waals surface area (Å²) in [7, 11) is 0. The Bertz CT molecular complexity index is 1170. The third-order valence-corrected chi connectivity index (χ3v) is 6.77. The predicted molar refractivity (Wildman–Crippen MR) is 167 cm³/mol. The summed E-state index contributed by atoms with van der Waals surface area (Å²) >= 11 is 0. The van der Waals surface area contributed by atoms with Crippen LogP contribution in [-0.2, 0) is 20.7 Å². The van der Waals surface area contributed by atoms with Crippen molar-refractivity contribution >= 4 is 17.9 Å². The van der Waals surface area contributed by atoms with Gasteiger partial charge >= 0.3 is 6.09 Å². The highest BCUT2D eigenvalue weighted by molar-refractivity contribution is 5.93. The summed E-state index contributed by atoms with van der Waals surface area (Å²) < 4.78 is 5.52. The van der Waals surface area contributed by atoms with Crippen molar-refractivity contribution in [3.8, 4) is 5.75 Å². The molecule has 3 N–H and O–H groups in total. The van der Waals surface area contributed by atoms with Crippen molar-refractivity contribution in [3.63, 3.8) is 0 Å². The molecule has 8 heteroatoms. The van der Waals surface area contributed by atoms with Gasteiger partial charge in [-0.25, -0.2) is 4.79 Å². The fourth-order valence-corrected chi connectivity index (χ4v) is 4.92. The number of nitrogens with zero attached hydrogens (tertiary/aromatic N) is 1. The van der Waals surface area contributed by atoms with E-state index in [1.54, 1.807) is 49.9 Å². The Labute approximate surface area is 252 Å². The van der Waals surface area contributed by atoms with E-state index in [4.69, 9.17) is 4.74 Å². The summed E-state index contributed by atoms with van der Waals surface area (Å²) in [5.41, 5.74) is 2.06. The average molecular weight is 582 g/mol. The monoisotopic (exact) mass is 581 g/mol. The lowest BCUT2D eigenvalue weighted by atomic mass is 9.92. The second kappa shape index (κ2) is 15.1. The molecule has 2 rings (SSSR count). The number of amides is 3. The molecule has 0 radical (unpaired) electrons. The second-order valence-corrected chi connectivity index (χ2v) is 13.1. The SMILES string of the molecule is CCCCCCN(C(=O)C(Cc1ccc(O)cc1)NC(=O)OC(C)(C)C)C(C(=O)NC(C)(C)C)c1c(C)cccc1C. The summed E-state index contributed by atoms with van der Waals surface area (Å²) in [6, 6.07) is 10.5.